The average molecular weight is 400 g/mol. The van der Waals surface area contributed by atoms with Gasteiger partial charge in [-0.1, -0.05) is 12.1 Å². The molecule has 2 aromatic carbocycles. The van der Waals surface area contributed by atoms with E-state index in [1.807, 2.05) is 36.4 Å². The summed E-state index contributed by atoms with van der Waals surface area (Å²) in [6, 6.07) is 23.8. The van der Waals surface area contributed by atoms with Gasteiger partial charge >= 0.3 is 0 Å². The molecule has 0 aliphatic rings. The number of non-ortho nitro benzene ring substituents is 2. The maximum Gasteiger partial charge on any atom is 0.269 e. The summed E-state index contributed by atoms with van der Waals surface area (Å²) in [6.07, 6.45) is 3.38. The first kappa shape index (κ1) is 20.3. The molecule has 0 bridgehead atoms. The fourth-order valence-corrected chi connectivity index (χ4v) is 2.57. The Balaban J connectivity index is 0.000000171. The molecule has 0 spiro atoms. The number of hydrogen-bond acceptors (Lipinski definition) is 6. The highest BCUT2D eigenvalue weighted by Crippen LogP contribution is 2.20. The van der Waals surface area contributed by atoms with Gasteiger partial charge in [-0.25, -0.2) is 0 Å². The van der Waals surface area contributed by atoms with Gasteiger partial charge in [0.1, 0.15) is 0 Å². The minimum atomic E-state index is -0.414. The maximum absolute atomic E-state index is 10.4. The van der Waals surface area contributed by atoms with Crippen molar-refractivity contribution in [2.75, 3.05) is 0 Å². The summed E-state index contributed by atoms with van der Waals surface area (Å²) >= 11 is 0. The third-order valence-corrected chi connectivity index (χ3v) is 4.08. The van der Waals surface area contributed by atoms with Gasteiger partial charge < -0.3 is 0 Å². The Kier molecular flexibility index (Phi) is 6.52. The molecule has 0 fully saturated rings. The molecule has 2 aromatic heterocycles. The fourth-order valence-electron chi connectivity index (χ4n) is 2.57. The van der Waals surface area contributed by atoms with Gasteiger partial charge in [-0.15, -0.1) is 0 Å². The molecule has 8 nitrogen and oxygen atoms in total. The number of benzene rings is 2. The van der Waals surface area contributed by atoms with Gasteiger partial charge in [-0.05, 0) is 48.5 Å². The van der Waals surface area contributed by atoms with Crippen molar-refractivity contribution in [3.8, 4) is 22.5 Å². The van der Waals surface area contributed by atoms with Crippen molar-refractivity contribution in [2.24, 2.45) is 0 Å². The number of nitrogens with zero attached hydrogens (tertiary/aromatic N) is 4. The Morgan fingerprint density at radius 3 is 1.17 bits per heavy atom. The minimum absolute atomic E-state index is 0.0923. The highest BCUT2D eigenvalue weighted by atomic mass is 16.6. The van der Waals surface area contributed by atoms with E-state index in [2.05, 4.69) is 9.97 Å². The molecule has 0 aliphatic carbocycles. The molecule has 0 N–H and O–H groups in total. The summed E-state index contributed by atoms with van der Waals surface area (Å²) in [5.74, 6) is 0. The second-order valence-electron chi connectivity index (χ2n) is 6.04. The van der Waals surface area contributed by atoms with Gasteiger partial charge in [0.15, 0.2) is 0 Å². The van der Waals surface area contributed by atoms with Crippen LogP contribution in [0.25, 0.3) is 22.5 Å². The van der Waals surface area contributed by atoms with Crippen LogP contribution in [0, 0.1) is 20.2 Å². The summed E-state index contributed by atoms with van der Waals surface area (Å²) in [7, 11) is 0. The zero-order valence-corrected chi connectivity index (χ0v) is 15.7. The van der Waals surface area contributed by atoms with Crippen LogP contribution in [0.2, 0.25) is 0 Å². The van der Waals surface area contributed by atoms with Crippen LogP contribution in [0.3, 0.4) is 0 Å². The van der Waals surface area contributed by atoms with E-state index in [-0.39, 0.29) is 11.4 Å². The van der Waals surface area contributed by atoms with Crippen LogP contribution in [-0.4, -0.2) is 19.8 Å². The van der Waals surface area contributed by atoms with Gasteiger partial charge in [0.25, 0.3) is 11.4 Å². The van der Waals surface area contributed by atoms with Gasteiger partial charge in [0.2, 0.25) is 0 Å². The predicted molar refractivity (Wildman–Crippen MR) is 113 cm³/mol. The summed E-state index contributed by atoms with van der Waals surface area (Å²) in [6.45, 7) is 0. The van der Waals surface area contributed by atoms with E-state index in [1.165, 1.54) is 24.3 Å². The zero-order valence-electron chi connectivity index (χ0n) is 15.7. The lowest BCUT2D eigenvalue weighted by Gasteiger charge is -1.98. The van der Waals surface area contributed by atoms with Crippen LogP contribution in [0.4, 0.5) is 11.4 Å². The highest BCUT2D eigenvalue weighted by Gasteiger charge is 2.06. The second-order valence-corrected chi connectivity index (χ2v) is 6.04. The lowest BCUT2D eigenvalue weighted by atomic mass is 10.1. The van der Waals surface area contributed by atoms with Gasteiger partial charge in [-0.3, -0.25) is 30.2 Å². The van der Waals surface area contributed by atoms with Crippen LogP contribution in [0.1, 0.15) is 0 Å². The molecule has 2 heterocycles. The summed E-state index contributed by atoms with van der Waals surface area (Å²) in [4.78, 5) is 28.4. The zero-order chi connectivity index (χ0) is 21.3. The molecule has 0 saturated heterocycles. The predicted octanol–water partition coefficient (Wildman–Crippen LogP) is 5.31. The molecule has 0 amide bonds. The van der Waals surface area contributed by atoms with Crippen molar-refractivity contribution in [3.63, 3.8) is 0 Å². The number of pyridine rings is 2. The average Bonchev–Trinajstić information content (AvgIpc) is 2.81. The standard InChI is InChI=1S/2C11H8N2O2/c2*14-13(15)10-6-4-9(5-7-10)11-3-1-2-8-12-11/h2*1-8H. The van der Waals surface area contributed by atoms with Gasteiger partial charge in [-0.2, -0.15) is 0 Å². The van der Waals surface area contributed by atoms with E-state index in [1.54, 1.807) is 36.7 Å². The minimum Gasteiger partial charge on any atom is -0.258 e. The molecule has 148 valence electrons. The lowest BCUT2D eigenvalue weighted by molar-refractivity contribution is -0.385. The highest BCUT2D eigenvalue weighted by molar-refractivity contribution is 5.61. The molecule has 30 heavy (non-hydrogen) atoms. The SMILES string of the molecule is O=[N+]([O-])c1ccc(-c2ccccn2)cc1.O=[N+]([O-])c1ccc(-c2ccccn2)cc1. The smallest absolute Gasteiger partial charge is 0.258 e. The molecule has 0 aliphatic heterocycles. The number of nitro benzene ring substituents is 2. The second kappa shape index (κ2) is 9.65. The van der Waals surface area contributed by atoms with Crippen molar-refractivity contribution in [1.82, 2.24) is 9.97 Å². The van der Waals surface area contributed by atoms with Crippen LogP contribution in [0.15, 0.2) is 97.3 Å². The molecule has 0 unspecified atom stereocenters. The summed E-state index contributed by atoms with van der Waals surface area (Å²) in [5, 5.41) is 20.9. The Hall–Kier alpha value is -4.46. The van der Waals surface area contributed by atoms with E-state index >= 15 is 0 Å². The Morgan fingerprint density at radius 2 is 0.900 bits per heavy atom. The van der Waals surface area contributed by atoms with Crippen molar-refractivity contribution in [1.29, 1.82) is 0 Å². The number of hydrogen-bond donors (Lipinski definition) is 0. The maximum atomic E-state index is 10.4. The molecule has 0 saturated carbocycles. The van der Waals surface area contributed by atoms with E-state index in [4.69, 9.17) is 0 Å². The number of rotatable bonds is 4. The molecular weight excluding hydrogens is 384 g/mol. The van der Waals surface area contributed by atoms with Crippen LogP contribution < -0.4 is 0 Å². The van der Waals surface area contributed by atoms with E-state index in [9.17, 15) is 20.2 Å². The Bertz CT molecular complexity index is 1020. The van der Waals surface area contributed by atoms with Crippen molar-refractivity contribution >= 4 is 11.4 Å². The molecule has 8 heteroatoms. The molecule has 0 atom stereocenters. The lowest BCUT2D eigenvalue weighted by Crippen LogP contribution is -1.87. The Labute approximate surface area is 171 Å². The summed E-state index contributed by atoms with van der Waals surface area (Å²) < 4.78 is 0. The third-order valence-electron chi connectivity index (χ3n) is 4.08. The first-order chi connectivity index (χ1) is 14.5. The van der Waals surface area contributed by atoms with E-state index < -0.39 is 9.85 Å². The van der Waals surface area contributed by atoms with Crippen LogP contribution in [0.5, 0.6) is 0 Å². The number of aromatic nitrogens is 2. The quantitative estimate of drug-likeness (QED) is 0.339. The topological polar surface area (TPSA) is 112 Å². The fraction of sp³-hybridized carbons (Fsp3) is 0. The molecule has 4 rings (SSSR count). The monoisotopic (exact) mass is 400 g/mol. The molecular formula is C22H16N4O4. The van der Waals surface area contributed by atoms with Crippen molar-refractivity contribution < 1.29 is 9.85 Å². The van der Waals surface area contributed by atoms with E-state index in [0.717, 1.165) is 22.5 Å². The van der Waals surface area contributed by atoms with Gasteiger partial charge in [0.05, 0.1) is 21.2 Å². The summed E-state index contributed by atoms with van der Waals surface area (Å²) in [5.41, 5.74) is 3.56. The van der Waals surface area contributed by atoms with E-state index in [0.29, 0.717) is 0 Å². The molecule has 0 radical (unpaired) electrons. The van der Waals surface area contributed by atoms with Gasteiger partial charge in [0, 0.05) is 47.8 Å². The van der Waals surface area contributed by atoms with Crippen LogP contribution >= 0.6 is 0 Å². The first-order valence-corrected chi connectivity index (χ1v) is 8.86. The third kappa shape index (κ3) is 5.29. The Morgan fingerprint density at radius 1 is 0.533 bits per heavy atom. The van der Waals surface area contributed by atoms with Crippen molar-refractivity contribution in [2.45, 2.75) is 0 Å². The molecule has 4 aromatic rings. The van der Waals surface area contributed by atoms with Crippen molar-refractivity contribution in [3.05, 3.63) is 118 Å². The normalized spacial score (nSPS) is 9.87. The first-order valence-electron chi connectivity index (χ1n) is 8.86. The number of nitro groups is 2. The van der Waals surface area contributed by atoms with Crippen LogP contribution in [-0.2, 0) is 0 Å². The largest absolute Gasteiger partial charge is 0.269 e.